The van der Waals surface area contributed by atoms with E-state index in [2.05, 4.69) is 20.7 Å². The third-order valence-electron chi connectivity index (χ3n) is 2.74. The zero-order valence-corrected chi connectivity index (χ0v) is 12.7. The predicted molar refractivity (Wildman–Crippen MR) is 70.5 cm³/mol. The topological polar surface area (TPSA) is 55.4 Å². The van der Waals surface area contributed by atoms with E-state index in [0.717, 1.165) is 12.8 Å². The fraction of sp³-hybridized carbons (Fsp3) is 1.00. The van der Waals surface area contributed by atoms with Crippen molar-refractivity contribution in [3.63, 3.8) is 0 Å². The highest BCUT2D eigenvalue weighted by Crippen LogP contribution is 2.19. The van der Waals surface area contributed by atoms with Gasteiger partial charge < -0.3 is 4.74 Å². The summed E-state index contributed by atoms with van der Waals surface area (Å²) in [4.78, 5) is 0. The number of ether oxygens (including phenoxy) is 1. The Kier molecular flexibility index (Phi) is 7.80. The molecule has 0 aromatic rings. The van der Waals surface area contributed by atoms with Gasteiger partial charge in [0.1, 0.15) is 0 Å². The van der Waals surface area contributed by atoms with Gasteiger partial charge in [0.15, 0.2) is 0 Å². The summed E-state index contributed by atoms with van der Waals surface area (Å²) in [6.07, 6.45) is 2.08. The maximum Gasteiger partial charge on any atom is 0.212 e. The van der Waals surface area contributed by atoms with Crippen molar-refractivity contribution in [2.24, 2.45) is 0 Å². The Hall–Kier alpha value is 0.350. The highest BCUT2D eigenvalue weighted by Gasteiger charge is 2.29. The summed E-state index contributed by atoms with van der Waals surface area (Å²) in [5, 5.41) is 0.635. The van der Waals surface area contributed by atoms with E-state index in [1.165, 1.54) is 0 Å². The van der Waals surface area contributed by atoms with Gasteiger partial charge >= 0.3 is 0 Å². The van der Waals surface area contributed by atoms with Crippen LogP contribution in [-0.2, 0) is 14.8 Å². The van der Waals surface area contributed by atoms with Gasteiger partial charge in [-0.15, -0.1) is 0 Å². The number of hydrogen-bond donors (Lipinski definition) is 1. The molecule has 0 aliphatic carbocycles. The third kappa shape index (κ3) is 5.61. The fourth-order valence-corrected chi connectivity index (χ4v) is 4.12. The smallest absolute Gasteiger partial charge is 0.212 e. The molecule has 16 heavy (non-hydrogen) atoms. The average molecular weight is 316 g/mol. The molecule has 0 rings (SSSR count). The molecule has 0 aromatic heterocycles. The summed E-state index contributed by atoms with van der Waals surface area (Å²) in [7, 11) is -1.64. The molecule has 0 saturated carbocycles. The fourth-order valence-electron chi connectivity index (χ4n) is 1.38. The monoisotopic (exact) mass is 315 g/mol. The van der Waals surface area contributed by atoms with Crippen LogP contribution in [0.25, 0.3) is 0 Å². The second-order valence-electron chi connectivity index (χ2n) is 3.89. The molecular weight excluding hydrogens is 294 g/mol. The van der Waals surface area contributed by atoms with Crippen molar-refractivity contribution in [2.45, 2.75) is 38.6 Å². The van der Waals surface area contributed by atoms with E-state index in [4.69, 9.17) is 4.74 Å². The molecule has 1 N–H and O–H groups in total. The quantitative estimate of drug-likeness (QED) is 0.522. The first-order valence-corrected chi connectivity index (χ1v) is 8.29. The number of hydrogen-bond acceptors (Lipinski definition) is 3. The number of methoxy groups -OCH3 is 1. The van der Waals surface area contributed by atoms with Crippen molar-refractivity contribution < 1.29 is 13.2 Å². The highest BCUT2D eigenvalue weighted by atomic mass is 79.9. The van der Waals surface area contributed by atoms with Gasteiger partial charge in [-0.1, -0.05) is 29.8 Å². The predicted octanol–water partition coefficient (Wildman–Crippen LogP) is 1.90. The van der Waals surface area contributed by atoms with E-state index in [-0.39, 0.29) is 11.3 Å². The summed E-state index contributed by atoms with van der Waals surface area (Å²) in [5.74, 6) is 0.121. The average Bonchev–Trinajstić information content (AvgIpc) is 2.26. The summed E-state index contributed by atoms with van der Waals surface area (Å²) < 4.78 is 31.2. The number of sulfonamides is 1. The van der Waals surface area contributed by atoms with Gasteiger partial charge in [0, 0.05) is 24.6 Å². The van der Waals surface area contributed by atoms with Crippen LogP contribution in [0, 0.1) is 0 Å². The molecular formula is C10H22BrNO3S. The van der Waals surface area contributed by atoms with Crippen molar-refractivity contribution in [3.8, 4) is 0 Å². The Bertz CT molecular complexity index is 268. The van der Waals surface area contributed by atoms with Crippen molar-refractivity contribution in [2.75, 3.05) is 24.8 Å². The van der Waals surface area contributed by atoms with Gasteiger partial charge in [-0.3, -0.25) is 0 Å². The molecule has 0 spiro atoms. The number of halogens is 1. The Morgan fingerprint density at radius 3 is 2.25 bits per heavy atom. The van der Waals surface area contributed by atoms with Crippen LogP contribution in [0.1, 0.15) is 33.1 Å². The van der Waals surface area contributed by atoms with Gasteiger partial charge in [-0.2, -0.15) is 0 Å². The molecule has 0 unspecified atom stereocenters. The van der Waals surface area contributed by atoms with E-state index in [9.17, 15) is 8.42 Å². The van der Waals surface area contributed by atoms with Crippen LogP contribution >= 0.6 is 15.9 Å². The number of rotatable bonds is 9. The van der Waals surface area contributed by atoms with E-state index in [1.54, 1.807) is 7.11 Å². The largest absolute Gasteiger partial charge is 0.385 e. The SMILES string of the molecule is CCC(CC)(CBr)NS(=O)(=O)CCCOC. The van der Waals surface area contributed by atoms with Gasteiger partial charge in [-0.05, 0) is 19.3 Å². The van der Waals surface area contributed by atoms with Gasteiger partial charge in [0.25, 0.3) is 0 Å². The maximum absolute atomic E-state index is 11.8. The third-order valence-corrected chi connectivity index (χ3v) is 5.39. The van der Waals surface area contributed by atoms with Crippen LogP contribution in [0.2, 0.25) is 0 Å². The minimum absolute atomic E-state index is 0.121. The Balaban J connectivity index is 4.42. The molecule has 0 atom stereocenters. The van der Waals surface area contributed by atoms with Gasteiger partial charge in [0.05, 0.1) is 5.75 Å². The lowest BCUT2D eigenvalue weighted by Gasteiger charge is -2.30. The Labute approximate surface area is 107 Å². The van der Waals surface area contributed by atoms with Crippen molar-refractivity contribution in [1.29, 1.82) is 0 Å². The van der Waals surface area contributed by atoms with Crippen LogP contribution in [0.3, 0.4) is 0 Å². The second kappa shape index (κ2) is 7.63. The normalized spacial score (nSPS) is 13.0. The van der Waals surface area contributed by atoms with E-state index in [0.29, 0.717) is 18.4 Å². The van der Waals surface area contributed by atoms with Crippen molar-refractivity contribution in [3.05, 3.63) is 0 Å². The summed E-state index contributed by atoms with van der Waals surface area (Å²) in [6.45, 7) is 4.45. The maximum atomic E-state index is 11.8. The zero-order chi connectivity index (χ0) is 12.7. The molecule has 0 aliphatic heterocycles. The minimum Gasteiger partial charge on any atom is -0.385 e. The van der Waals surface area contributed by atoms with E-state index in [1.807, 2.05) is 13.8 Å². The van der Waals surface area contributed by atoms with Gasteiger partial charge in [0.2, 0.25) is 10.0 Å². The van der Waals surface area contributed by atoms with E-state index < -0.39 is 10.0 Å². The lowest BCUT2D eigenvalue weighted by Crippen LogP contribution is -2.49. The molecule has 0 aromatic carbocycles. The van der Waals surface area contributed by atoms with Crippen molar-refractivity contribution >= 4 is 26.0 Å². The molecule has 0 fully saturated rings. The molecule has 0 radical (unpaired) electrons. The summed E-state index contributed by atoms with van der Waals surface area (Å²) in [5.41, 5.74) is -0.355. The Morgan fingerprint density at radius 1 is 1.31 bits per heavy atom. The lowest BCUT2D eigenvalue weighted by molar-refractivity contribution is 0.199. The first-order chi connectivity index (χ1) is 7.45. The first-order valence-electron chi connectivity index (χ1n) is 5.52. The summed E-state index contributed by atoms with van der Waals surface area (Å²) >= 11 is 3.38. The standard InChI is InChI=1S/C10H22BrNO3S/c1-4-10(5-2,9-11)12-16(13,14)8-6-7-15-3/h12H,4-9H2,1-3H3. The molecule has 0 heterocycles. The molecule has 6 heteroatoms. The molecule has 4 nitrogen and oxygen atoms in total. The molecule has 0 saturated heterocycles. The van der Waals surface area contributed by atoms with Gasteiger partial charge in [-0.25, -0.2) is 13.1 Å². The number of nitrogens with one attached hydrogen (secondary N) is 1. The van der Waals surface area contributed by atoms with E-state index >= 15 is 0 Å². The number of alkyl halides is 1. The van der Waals surface area contributed by atoms with Crippen LogP contribution < -0.4 is 4.72 Å². The molecule has 98 valence electrons. The Morgan fingerprint density at radius 2 is 1.88 bits per heavy atom. The molecule has 0 aliphatic rings. The van der Waals surface area contributed by atoms with Crippen molar-refractivity contribution in [1.82, 2.24) is 4.72 Å². The molecule has 0 amide bonds. The van der Waals surface area contributed by atoms with Crippen LogP contribution in [0.15, 0.2) is 0 Å². The minimum atomic E-state index is -3.21. The first kappa shape index (κ1) is 16.4. The van der Waals surface area contributed by atoms with Crippen LogP contribution in [-0.4, -0.2) is 38.8 Å². The highest BCUT2D eigenvalue weighted by molar-refractivity contribution is 9.09. The summed E-state index contributed by atoms with van der Waals surface area (Å²) in [6, 6.07) is 0. The van der Waals surface area contributed by atoms with Crippen LogP contribution in [0.5, 0.6) is 0 Å². The lowest BCUT2D eigenvalue weighted by atomic mass is 9.97. The van der Waals surface area contributed by atoms with Crippen LogP contribution in [0.4, 0.5) is 0 Å². The second-order valence-corrected chi connectivity index (χ2v) is 6.29. The molecule has 0 bridgehead atoms. The zero-order valence-electron chi connectivity index (χ0n) is 10.3.